The van der Waals surface area contributed by atoms with Crippen LogP contribution in [-0.4, -0.2) is 18.5 Å². The van der Waals surface area contributed by atoms with Crippen LogP contribution in [0.1, 0.15) is 30.6 Å². The van der Waals surface area contributed by atoms with Crippen molar-refractivity contribution in [1.82, 2.24) is 5.32 Å². The molecule has 1 aliphatic heterocycles. The van der Waals surface area contributed by atoms with Gasteiger partial charge in [-0.15, -0.1) is 11.8 Å². The molecule has 2 aromatic rings. The third-order valence-corrected chi connectivity index (χ3v) is 5.25. The van der Waals surface area contributed by atoms with Crippen LogP contribution >= 0.6 is 11.8 Å². The summed E-state index contributed by atoms with van der Waals surface area (Å²) in [5.74, 6) is 0.0713. The number of hydrogen-bond donors (Lipinski definition) is 2. The highest BCUT2D eigenvalue weighted by Crippen LogP contribution is 2.34. The van der Waals surface area contributed by atoms with E-state index in [0.29, 0.717) is 5.25 Å². The number of rotatable bonds is 5. The molecule has 4 heteroatoms. The third-order valence-electron chi connectivity index (χ3n) is 4.08. The van der Waals surface area contributed by atoms with Crippen molar-refractivity contribution in [2.24, 2.45) is 0 Å². The van der Waals surface area contributed by atoms with Crippen molar-refractivity contribution in [2.75, 3.05) is 11.9 Å². The van der Waals surface area contributed by atoms with Gasteiger partial charge in [-0.25, -0.2) is 0 Å². The van der Waals surface area contributed by atoms with Crippen LogP contribution in [0.15, 0.2) is 59.5 Å². The van der Waals surface area contributed by atoms with Gasteiger partial charge in [-0.1, -0.05) is 30.3 Å². The predicted molar refractivity (Wildman–Crippen MR) is 96.8 cm³/mol. The van der Waals surface area contributed by atoms with Gasteiger partial charge in [-0.2, -0.15) is 0 Å². The minimum absolute atomic E-state index is 0.0396. The Balaban J connectivity index is 1.59. The molecule has 1 fully saturated rings. The molecule has 120 valence electrons. The lowest BCUT2D eigenvalue weighted by atomic mass is 10.1. The summed E-state index contributed by atoms with van der Waals surface area (Å²) < 4.78 is 0. The summed E-state index contributed by atoms with van der Waals surface area (Å²) in [5.41, 5.74) is 2.13. The topological polar surface area (TPSA) is 41.1 Å². The van der Waals surface area contributed by atoms with Gasteiger partial charge >= 0.3 is 0 Å². The van der Waals surface area contributed by atoms with Crippen LogP contribution in [-0.2, 0) is 4.79 Å². The lowest BCUT2D eigenvalue weighted by molar-refractivity contribution is -0.117. The van der Waals surface area contributed by atoms with Gasteiger partial charge in [-0.05, 0) is 56.1 Å². The first-order chi connectivity index (χ1) is 11.2. The smallest absolute Gasteiger partial charge is 0.241 e. The van der Waals surface area contributed by atoms with E-state index in [4.69, 9.17) is 0 Å². The number of anilines is 1. The van der Waals surface area contributed by atoms with Crippen molar-refractivity contribution in [1.29, 1.82) is 0 Å². The largest absolute Gasteiger partial charge is 0.325 e. The Morgan fingerprint density at radius 1 is 1.17 bits per heavy atom. The first kappa shape index (κ1) is 16.1. The van der Waals surface area contributed by atoms with Crippen molar-refractivity contribution in [3.8, 4) is 0 Å². The molecule has 2 N–H and O–H groups in total. The first-order valence-electron chi connectivity index (χ1n) is 8.08. The van der Waals surface area contributed by atoms with Gasteiger partial charge in [-0.3, -0.25) is 4.79 Å². The molecular weight excluding hydrogens is 304 g/mol. The molecule has 0 radical (unpaired) electrons. The van der Waals surface area contributed by atoms with E-state index in [1.54, 1.807) is 0 Å². The van der Waals surface area contributed by atoms with Crippen molar-refractivity contribution in [2.45, 2.75) is 36.0 Å². The van der Waals surface area contributed by atoms with Gasteiger partial charge in [0.05, 0.1) is 6.04 Å². The molecule has 1 heterocycles. The number of nitrogens with one attached hydrogen (secondary N) is 2. The number of thioether (sulfide) groups is 1. The standard InChI is InChI=1S/C19H22N2OS/c1-14(23-17-6-3-2-4-7-17)15-9-11-16(12-10-15)21-19(22)18-8-5-13-20-18/h2-4,6-7,9-12,14,18,20H,5,8,13H2,1H3,(H,21,22). The molecule has 0 bridgehead atoms. The molecule has 1 saturated heterocycles. The summed E-state index contributed by atoms with van der Waals surface area (Å²) >= 11 is 1.84. The van der Waals surface area contributed by atoms with Crippen molar-refractivity contribution < 1.29 is 4.79 Å². The van der Waals surface area contributed by atoms with Crippen LogP contribution in [0.25, 0.3) is 0 Å². The molecule has 0 spiro atoms. The van der Waals surface area contributed by atoms with Gasteiger partial charge in [0.25, 0.3) is 0 Å². The van der Waals surface area contributed by atoms with Crippen molar-refractivity contribution in [3.05, 3.63) is 60.2 Å². The number of benzene rings is 2. The molecule has 3 rings (SSSR count). The lowest BCUT2D eigenvalue weighted by Gasteiger charge is -2.14. The van der Waals surface area contributed by atoms with E-state index in [0.717, 1.165) is 25.1 Å². The molecule has 2 aromatic carbocycles. The van der Waals surface area contributed by atoms with Crippen LogP contribution in [0.5, 0.6) is 0 Å². The van der Waals surface area contributed by atoms with Crippen LogP contribution in [0.2, 0.25) is 0 Å². The summed E-state index contributed by atoms with van der Waals surface area (Å²) in [5, 5.41) is 6.58. The van der Waals surface area contributed by atoms with E-state index in [9.17, 15) is 4.79 Å². The summed E-state index contributed by atoms with van der Waals surface area (Å²) in [6, 6.07) is 18.5. The fourth-order valence-corrected chi connectivity index (χ4v) is 3.76. The SMILES string of the molecule is CC(Sc1ccccc1)c1ccc(NC(=O)C2CCCN2)cc1. The van der Waals surface area contributed by atoms with Gasteiger partial charge in [0.2, 0.25) is 5.91 Å². The molecule has 0 aromatic heterocycles. The zero-order valence-electron chi connectivity index (χ0n) is 13.3. The van der Waals surface area contributed by atoms with E-state index < -0.39 is 0 Å². The summed E-state index contributed by atoms with van der Waals surface area (Å²) in [6.07, 6.45) is 2.00. The summed E-state index contributed by atoms with van der Waals surface area (Å²) in [7, 11) is 0. The predicted octanol–water partition coefficient (Wildman–Crippen LogP) is 4.23. The second-order valence-corrected chi connectivity index (χ2v) is 7.25. The average molecular weight is 326 g/mol. The zero-order valence-corrected chi connectivity index (χ0v) is 14.1. The normalized spacial score (nSPS) is 18.6. The van der Waals surface area contributed by atoms with Gasteiger partial charge in [0.15, 0.2) is 0 Å². The fourth-order valence-electron chi connectivity index (χ4n) is 2.75. The van der Waals surface area contributed by atoms with E-state index in [2.05, 4.69) is 54.0 Å². The Kier molecular flexibility index (Phi) is 5.36. The number of carbonyl (C=O) groups excluding carboxylic acids is 1. The van der Waals surface area contributed by atoms with E-state index in [-0.39, 0.29) is 11.9 Å². The Bertz CT molecular complexity index is 636. The number of hydrogen-bond acceptors (Lipinski definition) is 3. The van der Waals surface area contributed by atoms with Crippen LogP contribution in [0, 0.1) is 0 Å². The molecule has 2 unspecified atom stereocenters. The quantitative estimate of drug-likeness (QED) is 0.808. The van der Waals surface area contributed by atoms with Crippen LogP contribution in [0.3, 0.4) is 0 Å². The van der Waals surface area contributed by atoms with Gasteiger partial charge in [0, 0.05) is 15.8 Å². The number of carbonyl (C=O) groups is 1. The highest BCUT2D eigenvalue weighted by Gasteiger charge is 2.21. The zero-order chi connectivity index (χ0) is 16.1. The van der Waals surface area contributed by atoms with E-state index in [1.165, 1.54) is 10.5 Å². The minimum Gasteiger partial charge on any atom is -0.325 e. The minimum atomic E-state index is -0.0396. The second kappa shape index (κ2) is 7.66. The molecule has 0 saturated carbocycles. The first-order valence-corrected chi connectivity index (χ1v) is 8.96. The highest BCUT2D eigenvalue weighted by atomic mass is 32.2. The third kappa shape index (κ3) is 4.36. The Hall–Kier alpha value is -1.78. The maximum atomic E-state index is 12.1. The highest BCUT2D eigenvalue weighted by molar-refractivity contribution is 7.99. The van der Waals surface area contributed by atoms with Crippen LogP contribution < -0.4 is 10.6 Å². The van der Waals surface area contributed by atoms with Crippen molar-refractivity contribution >= 4 is 23.4 Å². The Labute approximate surface area is 141 Å². The molecular formula is C19H22N2OS. The fraction of sp³-hybridized carbons (Fsp3) is 0.316. The summed E-state index contributed by atoms with van der Waals surface area (Å²) in [4.78, 5) is 13.4. The molecule has 3 nitrogen and oxygen atoms in total. The van der Waals surface area contributed by atoms with Crippen molar-refractivity contribution in [3.63, 3.8) is 0 Å². The van der Waals surface area contributed by atoms with E-state index >= 15 is 0 Å². The molecule has 1 aliphatic rings. The monoisotopic (exact) mass is 326 g/mol. The maximum Gasteiger partial charge on any atom is 0.241 e. The molecule has 1 amide bonds. The van der Waals surface area contributed by atoms with Gasteiger partial charge in [0.1, 0.15) is 0 Å². The van der Waals surface area contributed by atoms with Gasteiger partial charge < -0.3 is 10.6 Å². The second-order valence-electron chi connectivity index (χ2n) is 5.83. The average Bonchev–Trinajstić information content (AvgIpc) is 3.11. The maximum absolute atomic E-state index is 12.1. The van der Waals surface area contributed by atoms with Crippen LogP contribution in [0.4, 0.5) is 5.69 Å². The Morgan fingerprint density at radius 2 is 1.91 bits per heavy atom. The molecule has 23 heavy (non-hydrogen) atoms. The van der Waals surface area contributed by atoms with E-state index in [1.807, 2.05) is 30.0 Å². The Morgan fingerprint density at radius 3 is 2.57 bits per heavy atom. The lowest BCUT2D eigenvalue weighted by Crippen LogP contribution is -2.35. The molecule has 0 aliphatic carbocycles. The number of amides is 1. The summed E-state index contributed by atoms with van der Waals surface area (Å²) in [6.45, 7) is 3.14. The molecule has 2 atom stereocenters.